The van der Waals surface area contributed by atoms with Crippen LogP contribution in [0.3, 0.4) is 0 Å². The molecule has 5 nitrogen and oxygen atoms in total. The molecule has 0 N–H and O–H groups in total. The number of hydrogen-bond donors (Lipinski definition) is 0. The summed E-state index contributed by atoms with van der Waals surface area (Å²) in [6, 6.07) is 15.3. The van der Waals surface area contributed by atoms with Crippen LogP contribution < -0.4 is 0 Å². The molecule has 0 radical (unpaired) electrons. The number of hydrogen-bond acceptors (Lipinski definition) is 3. The first-order chi connectivity index (χ1) is 17.8. The topological polar surface area (TPSA) is 43.9 Å². The van der Waals surface area contributed by atoms with Gasteiger partial charge in [-0.1, -0.05) is 55.8 Å². The third-order valence-electron chi connectivity index (χ3n) is 7.74. The van der Waals surface area contributed by atoms with Crippen molar-refractivity contribution in [3.05, 3.63) is 76.5 Å². The van der Waals surface area contributed by atoms with E-state index >= 15 is 0 Å². The van der Waals surface area contributed by atoms with Gasteiger partial charge in [-0.2, -0.15) is 13.2 Å². The Bertz CT molecular complexity index is 1200. The van der Waals surface area contributed by atoms with E-state index in [-0.39, 0.29) is 18.5 Å². The Hall–Kier alpha value is -3.29. The molecule has 1 fully saturated rings. The third kappa shape index (κ3) is 5.11. The zero-order valence-electron chi connectivity index (χ0n) is 21.0. The predicted molar refractivity (Wildman–Crippen MR) is 136 cm³/mol. The molecule has 3 aliphatic rings. The van der Waals surface area contributed by atoms with Gasteiger partial charge in [0.05, 0.1) is 0 Å². The molecule has 1 saturated heterocycles. The summed E-state index contributed by atoms with van der Waals surface area (Å²) >= 11 is 0. The number of likely N-dealkylation sites (tertiary alicyclic amines) is 1. The molecule has 2 aliphatic heterocycles. The number of fused-ring (bicyclic) bond motifs is 2. The maximum Gasteiger partial charge on any atom is 0.406 e. The van der Waals surface area contributed by atoms with Crippen LogP contribution >= 0.6 is 0 Å². The monoisotopic (exact) mass is 511 g/mol. The Morgan fingerprint density at radius 3 is 2.46 bits per heavy atom. The molecular formula is C29H32F3N3O2. The Morgan fingerprint density at radius 2 is 1.76 bits per heavy atom. The van der Waals surface area contributed by atoms with Gasteiger partial charge in [-0.15, -0.1) is 0 Å². The highest BCUT2D eigenvalue weighted by Crippen LogP contribution is 2.41. The molecule has 0 bridgehead atoms. The summed E-state index contributed by atoms with van der Waals surface area (Å²) in [5.41, 5.74) is 4.22. The molecule has 0 spiro atoms. The highest BCUT2D eigenvalue weighted by molar-refractivity contribution is 5.98. The molecule has 5 rings (SSSR count). The first-order valence-corrected chi connectivity index (χ1v) is 13.1. The SMILES string of the molecule is CCCCN(CC(F)(F)F)C(=O)C1C(N2CCC(N3Cc4ccccc4C3=O)CC2)=Cc2ccccc21. The molecule has 0 aromatic heterocycles. The Morgan fingerprint density at radius 1 is 1.05 bits per heavy atom. The van der Waals surface area contributed by atoms with E-state index in [2.05, 4.69) is 4.90 Å². The van der Waals surface area contributed by atoms with Gasteiger partial charge in [-0.25, -0.2) is 0 Å². The fourth-order valence-electron chi connectivity index (χ4n) is 5.86. The van der Waals surface area contributed by atoms with Gasteiger partial charge in [0.15, 0.2) is 0 Å². The normalized spacial score (nSPS) is 19.6. The molecule has 37 heavy (non-hydrogen) atoms. The maximum absolute atomic E-state index is 13.7. The van der Waals surface area contributed by atoms with Crippen LogP contribution in [0.1, 0.15) is 65.6 Å². The zero-order valence-corrected chi connectivity index (χ0v) is 21.0. The van der Waals surface area contributed by atoms with E-state index in [4.69, 9.17) is 0 Å². The van der Waals surface area contributed by atoms with Crippen molar-refractivity contribution in [2.75, 3.05) is 26.2 Å². The number of carbonyl (C=O) groups excluding carboxylic acids is 2. The van der Waals surface area contributed by atoms with Crippen molar-refractivity contribution in [1.82, 2.24) is 14.7 Å². The molecule has 8 heteroatoms. The van der Waals surface area contributed by atoms with Crippen molar-refractivity contribution < 1.29 is 22.8 Å². The van der Waals surface area contributed by atoms with E-state index in [1.165, 1.54) is 0 Å². The molecule has 2 aromatic carbocycles. The molecule has 1 unspecified atom stereocenters. The first kappa shape index (κ1) is 25.4. The summed E-state index contributed by atoms with van der Waals surface area (Å²) in [4.78, 5) is 31.7. The molecule has 0 saturated carbocycles. The lowest BCUT2D eigenvalue weighted by Gasteiger charge is -2.40. The number of alkyl halides is 3. The highest BCUT2D eigenvalue weighted by Gasteiger charge is 2.42. The molecule has 1 atom stereocenters. The van der Waals surface area contributed by atoms with Crippen molar-refractivity contribution in [3.8, 4) is 0 Å². The van der Waals surface area contributed by atoms with E-state index < -0.39 is 24.5 Å². The van der Waals surface area contributed by atoms with Crippen LogP contribution in [0.15, 0.2) is 54.2 Å². The smallest absolute Gasteiger partial charge is 0.374 e. The van der Waals surface area contributed by atoms with Gasteiger partial charge in [-0.3, -0.25) is 9.59 Å². The minimum absolute atomic E-state index is 0.0632. The van der Waals surface area contributed by atoms with Crippen molar-refractivity contribution in [2.45, 2.75) is 57.3 Å². The summed E-state index contributed by atoms with van der Waals surface area (Å²) in [5.74, 6) is -1.17. The average molecular weight is 512 g/mol. The van der Waals surface area contributed by atoms with E-state index in [0.717, 1.165) is 45.7 Å². The molecular weight excluding hydrogens is 479 g/mol. The Labute approximate surface area is 215 Å². The summed E-state index contributed by atoms with van der Waals surface area (Å²) in [6.45, 7) is 2.64. The molecule has 2 amide bonds. The second-order valence-corrected chi connectivity index (χ2v) is 10.2. The van der Waals surface area contributed by atoms with Crippen molar-refractivity contribution >= 4 is 17.9 Å². The lowest BCUT2D eigenvalue weighted by Crippen LogP contribution is -2.47. The summed E-state index contributed by atoms with van der Waals surface area (Å²) in [5, 5.41) is 0. The minimum atomic E-state index is -4.45. The predicted octanol–water partition coefficient (Wildman–Crippen LogP) is 5.44. The molecule has 2 heterocycles. The number of rotatable bonds is 7. The van der Waals surface area contributed by atoms with Gasteiger partial charge < -0.3 is 14.7 Å². The van der Waals surface area contributed by atoms with Gasteiger partial charge in [0, 0.05) is 43.5 Å². The largest absolute Gasteiger partial charge is 0.406 e. The summed E-state index contributed by atoms with van der Waals surface area (Å²) in [7, 11) is 0. The van der Waals surface area contributed by atoms with Crippen LogP contribution in [0.25, 0.3) is 6.08 Å². The van der Waals surface area contributed by atoms with Crippen molar-refractivity contribution in [3.63, 3.8) is 0 Å². The number of piperidine rings is 1. The number of unbranched alkanes of at least 4 members (excludes halogenated alkanes) is 1. The van der Waals surface area contributed by atoms with Gasteiger partial charge >= 0.3 is 6.18 Å². The van der Waals surface area contributed by atoms with E-state index in [1.807, 2.05) is 66.4 Å². The second-order valence-electron chi connectivity index (χ2n) is 10.2. The number of halogens is 3. The molecule has 196 valence electrons. The highest BCUT2D eigenvalue weighted by atomic mass is 19.4. The fraction of sp³-hybridized carbons (Fsp3) is 0.448. The Kier molecular flexibility index (Phi) is 7.01. The molecule has 1 aliphatic carbocycles. The first-order valence-electron chi connectivity index (χ1n) is 13.1. The van der Waals surface area contributed by atoms with Crippen LogP contribution in [0.2, 0.25) is 0 Å². The Balaban J connectivity index is 1.33. The summed E-state index contributed by atoms with van der Waals surface area (Å²) < 4.78 is 40.2. The van der Waals surface area contributed by atoms with Gasteiger partial charge in [0.25, 0.3) is 5.91 Å². The van der Waals surface area contributed by atoms with E-state index in [9.17, 15) is 22.8 Å². The van der Waals surface area contributed by atoms with Crippen LogP contribution in [0.4, 0.5) is 13.2 Å². The van der Waals surface area contributed by atoms with Gasteiger partial charge in [0.1, 0.15) is 12.5 Å². The number of nitrogens with zero attached hydrogens (tertiary/aromatic N) is 3. The molecule has 2 aromatic rings. The van der Waals surface area contributed by atoms with Gasteiger partial charge in [-0.05, 0) is 48.1 Å². The van der Waals surface area contributed by atoms with Crippen LogP contribution in [-0.2, 0) is 11.3 Å². The minimum Gasteiger partial charge on any atom is -0.374 e. The summed E-state index contributed by atoms with van der Waals surface area (Å²) in [6.07, 6.45) is 0.224. The fourth-order valence-corrected chi connectivity index (χ4v) is 5.86. The van der Waals surface area contributed by atoms with Gasteiger partial charge in [0.2, 0.25) is 5.91 Å². The second kappa shape index (κ2) is 10.2. The van der Waals surface area contributed by atoms with Crippen molar-refractivity contribution in [1.29, 1.82) is 0 Å². The number of benzene rings is 2. The maximum atomic E-state index is 13.7. The van der Waals surface area contributed by atoms with Crippen LogP contribution in [-0.4, -0.2) is 64.9 Å². The quantitative estimate of drug-likeness (QED) is 0.498. The van der Waals surface area contributed by atoms with Crippen molar-refractivity contribution in [2.24, 2.45) is 0 Å². The number of amides is 2. The zero-order chi connectivity index (χ0) is 26.2. The van der Waals surface area contributed by atoms with E-state index in [0.29, 0.717) is 32.5 Å². The van der Waals surface area contributed by atoms with E-state index in [1.54, 1.807) is 0 Å². The third-order valence-corrected chi connectivity index (χ3v) is 7.74. The van der Waals surface area contributed by atoms with Crippen LogP contribution in [0, 0.1) is 0 Å². The standard InChI is InChI=1S/C29H32F3N3O2/c1-2-3-14-34(19-29(30,31)32)28(37)26-23-10-6-4-8-20(23)17-25(26)33-15-12-22(13-16-33)35-18-21-9-5-7-11-24(21)27(35)36/h4-11,17,22,26H,2-3,12-16,18-19H2,1H3. The lowest BCUT2D eigenvalue weighted by atomic mass is 9.94. The number of carbonyl (C=O) groups is 2. The van der Waals surface area contributed by atoms with Crippen LogP contribution in [0.5, 0.6) is 0 Å². The lowest BCUT2D eigenvalue weighted by molar-refractivity contribution is -0.162. The average Bonchev–Trinajstić information content (AvgIpc) is 3.44.